The molecule has 0 bridgehead atoms. The van der Waals surface area contributed by atoms with Gasteiger partial charge in [0.2, 0.25) is 0 Å². The van der Waals surface area contributed by atoms with Crippen molar-refractivity contribution < 1.29 is 14.6 Å². The van der Waals surface area contributed by atoms with E-state index in [1.54, 1.807) is 10.9 Å². The second-order valence-corrected chi connectivity index (χ2v) is 7.92. The van der Waals surface area contributed by atoms with Crippen LogP contribution < -0.4 is 0 Å². The van der Waals surface area contributed by atoms with Crippen molar-refractivity contribution in [2.45, 2.75) is 12.5 Å². The lowest BCUT2D eigenvalue weighted by Crippen LogP contribution is -2.45. The predicted octanol–water partition coefficient (Wildman–Crippen LogP) is 2.21. The molecule has 0 aliphatic carbocycles. The Morgan fingerprint density at radius 1 is 1.14 bits per heavy atom. The molecule has 2 aliphatic rings. The average Bonchev–Trinajstić information content (AvgIpc) is 3.41. The Labute approximate surface area is 168 Å². The van der Waals surface area contributed by atoms with E-state index in [0.29, 0.717) is 11.3 Å². The van der Waals surface area contributed by atoms with E-state index in [2.05, 4.69) is 10.3 Å². The zero-order chi connectivity index (χ0) is 19.8. The van der Waals surface area contributed by atoms with Crippen LogP contribution in [-0.2, 0) is 4.74 Å². The minimum atomic E-state index is -0.847. The van der Waals surface area contributed by atoms with E-state index < -0.39 is 6.10 Å². The summed E-state index contributed by atoms with van der Waals surface area (Å²) in [6.07, 6.45) is 1.85. The highest BCUT2D eigenvalue weighted by atomic mass is 16.5. The molecule has 1 atom stereocenters. The summed E-state index contributed by atoms with van der Waals surface area (Å²) in [5.41, 5.74) is 2.74. The van der Waals surface area contributed by atoms with Gasteiger partial charge in [-0.05, 0) is 30.2 Å². The predicted molar refractivity (Wildman–Crippen MR) is 106 cm³/mol. The van der Waals surface area contributed by atoms with Gasteiger partial charge < -0.3 is 14.7 Å². The lowest BCUT2D eigenvalue weighted by Gasteiger charge is -2.37. The molecular formula is C22H22N4O3. The van der Waals surface area contributed by atoms with Crippen molar-refractivity contribution in [3.05, 3.63) is 77.6 Å². The highest BCUT2D eigenvalue weighted by molar-refractivity contribution is 5.95. The van der Waals surface area contributed by atoms with E-state index >= 15 is 0 Å². The zero-order valence-electron chi connectivity index (χ0n) is 15.9. The maximum absolute atomic E-state index is 13.0. The summed E-state index contributed by atoms with van der Waals surface area (Å²) in [4.78, 5) is 14.9. The van der Waals surface area contributed by atoms with E-state index in [4.69, 9.17) is 4.74 Å². The smallest absolute Gasteiger partial charge is 0.253 e. The summed E-state index contributed by atoms with van der Waals surface area (Å²) in [5.74, 6) is 0.0280. The van der Waals surface area contributed by atoms with Crippen molar-refractivity contribution in [2.75, 3.05) is 26.3 Å². The fourth-order valence-corrected chi connectivity index (χ4v) is 4.03. The summed E-state index contributed by atoms with van der Waals surface area (Å²) in [6.45, 7) is 3.03. The molecule has 148 valence electrons. The number of benzene rings is 2. The van der Waals surface area contributed by atoms with Crippen molar-refractivity contribution in [1.29, 1.82) is 0 Å². The summed E-state index contributed by atoms with van der Waals surface area (Å²) in [7, 11) is 0. The zero-order valence-corrected chi connectivity index (χ0v) is 15.9. The molecule has 7 heteroatoms. The van der Waals surface area contributed by atoms with Gasteiger partial charge in [-0.15, -0.1) is 5.10 Å². The molecule has 7 nitrogen and oxygen atoms in total. The monoisotopic (exact) mass is 390 g/mol. The van der Waals surface area contributed by atoms with Crippen molar-refractivity contribution in [3.8, 4) is 5.69 Å². The van der Waals surface area contributed by atoms with Gasteiger partial charge in [0, 0.05) is 24.1 Å². The fraction of sp³-hybridized carbons (Fsp3) is 0.318. The van der Waals surface area contributed by atoms with Crippen LogP contribution in [0, 0.1) is 5.41 Å². The van der Waals surface area contributed by atoms with Crippen LogP contribution in [0.15, 0.2) is 60.8 Å². The van der Waals surface area contributed by atoms with Crippen LogP contribution in [0.25, 0.3) is 5.69 Å². The first-order valence-electron chi connectivity index (χ1n) is 9.76. The molecule has 2 aliphatic heterocycles. The molecule has 1 unspecified atom stereocenters. The Kier molecular flexibility index (Phi) is 4.41. The molecule has 3 aromatic rings. The SMILES string of the molecule is O=C(c1cccc(-n2cc(C(O)c3ccccc3)nn2)c1)N1CCC2(COC2)C1. The second kappa shape index (κ2) is 7.09. The molecule has 1 N–H and O–H groups in total. The van der Waals surface area contributed by atoms with Gasteiger partial charge in [-0.25, -0.2) is 4.68 Å². The Bertz CT molecular complexity index is 1030. The highest BCUT2D eigenvalue weighted by Gasteiger charge is 2.45. The number of hydrogen-bond donors (Lipinski definition) is 1. The molecule has 0 radical (unpaired) electrons. The van der Waals surface area contributed by atoms with Crippen LogP contribution >= 0.6 is 0 Å². The molecule has 0 saturated carbocycles. The van der Waals surface area contributed by atoms with Crippen LogP contribution in [0.1, 0.15) is 34.1 Å². The highest BCUT2D eigenvalue weighted by Crippen LogP contribution is 2.38. The normalized spacial score (nSPS) is 18.6. The van der Waals surface area contributed by atoms with Gasteiger partial charge in [-0.1, -0.05) is 41.6 Å². The number of carbonyl (C=O) groups excluding carboxylic acids is 1. The minimum Gasteiger partial charge on any atom is -0.382 e. The molecule has 2 aromatic carbocycles. The molecule has 3 heterocycles. The molecule has 5 rings (SSSR count). The summed E-state index contributed by atoms with van der Waals surface area (Å²) < 4.78 is 6.93. The van der Waals surface area contributed by atoms with Crippen molar-refractivity contribution >= 4 is 5.91 Å². The second-order valence-electron chi connectivity index (χ2n) is 7.92. The molecule has 1 aromatic heterocycles. The summed E-state index contributed by atoms with van der Waals surface area (Å²) in [6, 6.07) is 16.7. The summed E-state index contributed by atoms with van der Waals surface area (Å²) >= 11 is 0. The van der Waals surface area contributed by atoms with E-state index in [1.807, 2.05) is 59.5 Å². The average molecular weight is 390 g/mol. The van der Waals surface area contributed by atoms with Gasteiger partial charge in [0.05, 0.1) is 25.1 Å². The number of nitrogens with zero attached hydrogens (tertiary/aromatic N) is 4. The molecule has 1 amide bonds. The van der Waals surface area contributed by atoms with Gasteiger partial charge in [0.25, 0.3) is 5.91 Å². The third-order valence-corrected chi connectivity index (χ3v) is 5.81. The van der Waals surface area contributed by atoms with E-state index in [0.717, 1.165) is 44.0 Å². The topological polar surface area (TPSA) is 80.5 Å². The van der Waals surface area contributed by atoms with Crippen LogP contribution in [0.2, 0.25) is 0 Å². The Morgan fingerprint density at radius 3 is 2.69 bits per heavy atom. The molecule has 2 saturated heterocycles. The third kappa shape index (κ3) is 3.32. The molecular weight excluding hydrogens is 368 g/mol. The Balaban J connectivity index is 1.35. The lowest BCUT2D eigenvalue weighted by molar-refractivity contribution is -0.103. The number of ether oxygens (including phenoxy) is 1. The maximum atomic E-state index is 13.0. The number of hydrogen-bond acceptors (Lipinski definition) is 5. The lowest BCUT2D eigenvalue weighted by atomic mass is 9.85. The summed E-state index contributed by atoms with van der Waals surface area (Å²) in [5, 5.41) is 18.8. The van der Waals surface area contributed by atoms with Crippen LogP contribution in [-0.4, -0.2) is 57.2 Å². The third-order valence-electron chi connectivity index (χ3n) is 5.81. The van der Waals surface area contributed by atoms with Gasteiger partial charge in [-0.2, -0.15) is 0 Å². The quantitative estimate of drug-likeness (QED) is 0.739. The van der Waals surface area contributed by atoms with Crippen molar-refractivity contribution in [1.82, 2.24) is 19.9 Å². The number of aliphatic hydroxyl groups excluding tert-OH is 1. The number of amides is 1. The Morgan fingerprint density at radius 2 is 1.97 bits per heavy atom. The van der Waals surface area contributed by atoms with E-state index in [1.165, 1.54) is 0 Å². The van der Waals surface area contributed by atoms with Crippen molar-refractivity contribution in [3.63, 3.8) is 0 Å². The number of likely N-dealkylation sites (tertiary alicyclic amines) is 1. The standard InChI is InChI=1S/C22H22N4O3/c27-20(16-5-2-1-3-6-16)19-12-26(24-23-19)18-8-4-7-17(11-18)21(28)25-10-9-22(13-25)14-29-15-22/h1-8,11-12,20,27H,9-10,13-15H2. The van der Waals surface area contributed by atoms with Crippen LogP contribution in [0.4, 0.5) is 0 Å². The van der Waals surface area contributed by atoms with Crippen LogP contribution in [0.3, 0.4) is 0 Å². The maximum Gasteiger partial charge on any atom is 0.253 e. The first-order valence-corrected chi connectivity index (χ1v) is 9.76. The minimum absolute atomic E-state index is 0.0280. The number of aromatic nitrogens is 3. The van der Waals surface area contributed by atoms with Crippen LogP contribution in [0.5, 0.6) is 0 Å². The van der Waals surface area contributed by atoms with Gasteiger partial charge in [0.1, 0.15) is 11.8 Å². The van der Waals surface area contributed by atoms with Gasteiger partial charge in [-0.3, -0.25) is 4.79 Å². The fourth-order valence-electron chi connectivity index (χ4n) is 4.03. The number of carbonyl (C=O) groups is 1. The molecule has 1 spiro atoms. The van der Waals surface area contributed by atoms with Gasteiger partial charge in [0.15, 0.2) is 0 Å². The number of aliphatic hydroxyl groups is 1. The first-order chi connectivity index (χ1) is 14.1. The van der Waals surface area contributed by atoms with Gasteiger partial charge >= 0.3 is 0 Å². The Hall–Kier alpha value is -3.03. The van der Waals surface area contributed by atoms with E-state index in [-0.39, 0.29) is 11.3 Å². The molecule has 29 heavy (non-hydrogen) atoms. The van der Waals surface area contributed by atoms with E-state index in [9.17, 15) is 9.90 Å². The molecule has 2 fully saturated rings. The van der Waals surface area contributed by atoms with Crippen molar-refractivity contribution in [2.24, 2.45) is 5.41 Å². The number of rotatable bonds is 4. The largest absolute Gasteiger partial charge is 0.382 e. The first kappa shape index (κ1) is 18.0.